The highest BCUT2D eigenvalue weighted by Gasteiger charge is 2.12. The van der Waals surface area contributed by atoms with Gasteiger partial charge in [0.2, 0.25) is 4.96 Å². The molecule has 0 unspecified atom stereocenters. The van der Waals surface area contributed by atoms with Gasteiger partial charge in [0, 0.05) is 18.0 Å². The van der Waals surface area contributed by atoms with Crippen molar-refractivity contribution >= 4 is 22.4 Å². The van der Waals surface area contributed by atoms with Crippen LogP contribution in [-0.2, 0) is 0 Å². The Hall–Kier alpha value is -3.26. The predicted octanol–water partition coefficient (Wildman–Crippen LogP) is 3.73. The molecule has 0 atom stereocenters. The van der Waals surface area contributed by atoms with E-state index in [0.29, 0.717) is 33.4 Å². The second-order valence-corrected chi connectivity index (χ2v) is 8.11. The first kappa shape index (κ1) is 21.0. The zero-order valence-electron chi connectivity index (χ0n) is 17.6. The Morgan fingerprint density at radius 3 is 2.68 bits per heavy atom. The second-order valence-electron chi connectivity index (χ2n) is 7.10. The van der Waals surface area contributed by atoms with Gasteiger partial charge in [0.25, 0.3) is 5.56 Å². The summed E-state index contributed by atoms with van der Waals surface area (Å²) in [6, 6.07) is 9.31. The number of hydrogen-bond acceptors (Lipinski definition) is 7. The molecule has 0 aliphatic heterocycles. The van der Waals surface area contributed by atoms with Crippen LogP contribution in [0.4, 0.5) is 0 Å². The highest BCUT2D eigenvalue weighted by atomic mass is 32.1. The molecule has 0 aliphatic rings. The minimum Gasteiger partial charge on any atom is -0.493 e. The van der Waals surface area contributed by atoms with Crippen LogP contribution >= 0.6 is 11.3 Å². The van der Waals surface area contributed by atoms with Crippen molar-refractivity contribution in [2.75, 3.05) is 13.7 Å². The zero-order valence-corrected chi connectivity index (χ0v) is 18.4. The molecule has 0 radical (unpaired) electrons. The Morgan fingerprint density at radius 1 is 1.10 bits per heavy atom. The van der Waals surface area contributed by atoms with Crippen LogP contribution in [0.2, 0.25) is 0 Å². The van der Waals surface area contributed by atoms with E-state index in [1.807, 2.05) is 36.4 Å². The van der Waals surface area contributed by atoms with Crippen LogP contribution in [0.5, 0.6) is 11.5 Å². The van der Waals surface area contributed by atoms with Crippen molar-refractivity contribution < 1.29 is 9.47 Å². The molecule has 160 valence electrons. The van der Waals surface area contributed by atoms with Crippen LogP contribution in [-0.4, -0.2) is 33.3 Å². The van der Waals surface area contributed by atoms with Crippen LogP contribution in [0, 0.1) is 0 Å². The number of fused-ring (bicyclic) bond motifs is 1. The van der Waals surface area contributed by atoms with Gasteiger partial charge in [-0.1, -0.05) is 43.6 Å². The number of aromatic nitrogens is 4. The Balaban J connectivity index is 1.57. The van der Waals surface area contributed by atoms with E-state index < -0.39 is 0 Å². The molecule has 3 heterocycles. The van der Waals surface area contributed by atoms with Gasteiger partial charge in [0.1, 0.15) is 0 Å². The molecule has 3 aromatic heterocycles. The molecule has 4 aromatic rings. The zero-order chi connectivity index (χ0) is 21.6. The molecule has 31 heavy (non-hydrogen) atoms. The monoisotopic (exact) mass is 436 g/mol. The summed E-state index contributed by atoms with van der Waals surface area (Å²) >= 11 is 1.31. The number of hydrogen-bond donors (Lipinski definition) is 0. The van der Waals surface area contributed by atoms with Crippen LogP contribution < -0.4 is 19.6 Å². The third-order valence-electron chi connectivity index (χ3n) is 4.86. The average Bonchev–Trinajstić information content (AvgIpc) is 3.34. The summed E-state index contributed by atoms with van der Waals surface area (Å²) in [5.41, 5.74) is 1.49. The maximum Gasteiger partial charge on any atom is 0.291 e. The molecule has 0 fully saturated rings. The van der Waals surface area contributed by atoms with E-state index >= 15 is 0 Å². The summed E-state index contributed by atoms with van der Waals surface area (Å²) in [5, 5.41) is 4.36. The first-order valence-corrected chi connectivity index (χ1v) is 11.1. The molecular weight excluding hydrogens is 412 g/mol. The van der Waals surface area contributed by atoms with Gasteiger partial charge >= 0.3 is 0 Å². The lowest BCUT2D eigenvalue weighted by atomic mass is 10.2. The van der Waals surface area contributed by atoms with Gasteiger partial charge in [0.15, 0.2) is 17.3 Å². The smallest absolute Gasteiger partial charge is 0.291 e. The lowest BCUT2D eigenvalue weighted by Gasteiger charge is -2.11. The van der Waals surface area contributed by atoms with Crippen LogP contribution in [0.1, 0.15) is 38.2 Å². The van der Waals surface area contributed by atoms with Crippen molar-refractivity contribution in [1.82, 2.24) is 19.6 Å². The number of methoxy groups -OCH3 is 1. The quantitative estimate of drug-likeness (QED) is 0.372. The van der Waals surface area contributed by atoms with E-state index in [2.05, 4.69) is 22.0 Å². The van der Waals surface area contributed by atoms with Crippen molar-refractivity contribution in [2.45, 2.75) is 32.6 Å². The minimum atomic E-state index is -0.192. The molecule has 0 amide bonds. The van der Waals surface area contributed by atoms with E-state index in [1.54, 1.807) is 19.5 Å². The normalized spacial score (nSPS) is 11.9. The molecule has 0 aliphatic carbocycles. The SMILES string of the molecule is CCCCCCOc1ccc(/C=c2/sc3nc(-c4ccncc4)nn3c2=O)cc1OC. The fourth-order valence-electron chi connectivity index (χ4n) is 3.21. The summed E-state index contributed by atoms with van der Waals surface area (Å²) in [6.07, 6.45) is 9.77. The van der Waals surface area contributed by atoms with Crippen molar-refractivity contribution in [1.29, 1.82) is 0 Å². The van der Waals surface area contributed by atoms with E-state index in [9.17, 15) is 4.79 Å². The number of thiazole rings is 1. The van der Waals surface area contributed by atoms with Gasteiger partial charge in [-0.2, -0.15) is 9.50 Å². The highest BCUT2D eigenvalue weighted by Crippen LogP contribution is 2.28. The first-order valence-electron chi connectivity index (χ1n) is 10.3. The number of rotatable bonds is 9. The molecule has 7 nitrogen and oxygen atoms in total. The Kier molecular flexibility index (Phi) is 6.57. The Morgan fingerprint density at radius 2 is 1.94 bits per heavy atom. The summed E-state index contributed by atoms with van der Waals surface area (Å²) in [4.78, 5) is 21.8. The van der Waals surface area contributed by atoms with Gasteiger partial charge in [-0.3, -0.25) is 9.78 Å². The molecule has 0 N–H and O–H groups in total. The van der Waals surface area contributed by atoms with Gasteiger partial charge in [-0.25, -0.2) is 0 Å². The third kappa shape index (κ3) is 4.74. The van der Waals surface area contributed by atoms with Crippen LogP contribution in [0.3, 0.4) is 0 Å². The Labute approximate surface area is 184 Å². The molecule has 0 bridgehead atoms. The van der Waals surface area contributed by atoms with E-state index in [-0.39, 0.29) is 5.56 Å². The van der Waals surface area contributed by atoms with Crippen molar-refractivity contribution in [3.63, 3.8) is 0 Å². The largest absolute Gasteiger partial charge is 0.493 e. The van der Waals surface area contributed by atoms with Crippen molar-refractivity contribution in [2.24, 2.45) is 0 Å². The molecule has 1 aromatic carbocycles. The molecule has 8 heteroatoms. The summed E-state index contributed by atoms with van der Waals surface area (Å²) in [5.74, 6) is 1.87. The molecule has 4 rings (SSSR count). The van der Waals surface area contributed by atoms with Crippen molar-refractivity contribution in [3.8, 4) is 22.9 Å². The summed E-state index contributed by atoms with van der Waals surface area (Å²) in [7, 11) is 1.62. The van der Waals surface area contributed by atoms with Gasteiger partial charge in [-0.05, 0) is 42.3 Å². The third-order valence-corrected chi connectivity index (χ3v) is 5.82. The lowest BCUT2D eigenvalue weighted by Crippen LogP contribution is -2.23. The minimum absolute atomic E-state index is 0.192. The highest BCUT2D eigenvalue weighted by molar-refractivity contribution is 7.15. The molecule has 0 saturated carbocycles. The maximum absolute atomic E-state index is 12.8. The van der Waals surface area contributed by atoms with E-state index in [4.69, 9.17) is 9.47 Å². The number of unbranched alkanes of at least 4 members (excludes halogenated alkanes) is 3. The molecule has 0 saturated heterocycles. The molecule has 0 spiro atoms. The van der Waals surface area contributed by atoms with Crippen LogP contribution in [0.15, 0.2) is 47.5 Å². The van der Waals surface area contributed by atoms with Crippen molar-refractivity contribution in [3.05, 3.63) is 63.2 Å². The lowest BCUT2D eigenvalue weighted by molar-refractivity contribution is 0.285. The fraction of sp³-hybridized carbons (Fsp3) is 0.304. The standard InChI is InChI=1S/C23H24N4O3S/c1-3-4-5-6-13-30-18-8-7-16(14-19(18)29-2)15-20-22(28)27-23(31-20)25-21(26-27)17-9-11-24-12-10-17/h7-12,14-15H,3-6,13H2,1-2H3/b20-15+. The number of ether oxygens (including phenoxy) is 2. The fourth-order valence-corrected chi connectivity index (χ4v) is 4.12. The number of pyridine rings is 1. The topological polar surface area (TPSA) is 78.6 Å². The predicted molar refractivity (Wildman–Crippen MR) is 122 cm³/mol. The average molecular weight is 437 g/mol. The van der Waals surface area contributed by atoms with Gasteiger partial charge < -0.3 is 9.47 Å². The van der Waals surface area contributed by atoms with E-state index in [0.717, 1.165) is 24.0 Å². The number of nitrogens with zero attached hydrogens (tertiary/aromatic N) is 4. The molecular formula is C23H24N4O3S. The summed E-state index contributed by atoms with van der Waals surface area (Å²) in [6.45, 7) is 2.85. The Bertz CT molecular complexity index is 1270. The van der Waals surface area contributed by atoms with Gasteiger partial charge in [0.05, 0.1) is 18.2 Å². The second kappa shape index (κ2) is 9.70. The van der Waals surface area contributed by atoms with E-state index in [1.165, 1.54) is 28.7 Å². The van der Waals surface area contributed by atoms with Crippen LogP contribution in [0.25, 0.3) is 22.4 Å². The van der Waals surface area contributed by atoms with Gasteiger partial charge in [-0.15, -0.1) is 5.10 Å². The maximum atomic E-state index is 12.8. The number of benzene rings is 1. The first-order chi connectivity index (χ1) is 15.2. The summed E-state index contributed by atoms with van der Waals surface area (Å²) < 4.78 is 13.3.